The Morgan fingerprint density at radius 1 is 1.40 bits per heavy atom. The number of halogens is 2. The van der Waals surface area contributed by atoms with E-state index >= 15 is 0 Å². The van der Waals surface area contributed by atoms with Crippen LogP contribution < -0.4 is 10.6 Å². The van der Waals surface area contributed by atoms with Crippen molar-refractivity contribution in [2.24, 2.45) is 5.73 Å². The number of hydrogen-bond acceptors (Lipinski definition) is 3. The molecule has 1 saturated heterocycles. The first kappa shape index (κ1) is 15.2. The molecule has 0 saturated carbocycles. The predicted octanol–water partition coefficient (Wildman–Crippen LogP) is 2.47. The van der Waals surface area contributed by atoms with E-state index in [4.69, 9.17) is 10.5 Å². The Hall–Kier alpha value is -1.20. The van der Waals surface area contributed by atoms with E-state index in [1.54, 1.807) is 11.9 Å². The quantitative estimate of drug-likeness (QED) is 0.902. The fourth-order valence-electron chi connectivity index (χ4n) is 2.53. The lowest BCUT2D eigenvalue weighted by Gasteiger charge is -2.26. The Kier molecular flexibility index (Phi) is 4.94. The number of hydrogen-bond donors (Lipinski definition) is 1. The van der Waals surface area contributed by atoms with Gasteiger partial charge in [0.1, 0.15) is 17.3 Å². The average molecular weight is 284 g/mol. The monoisotopic (exact) mass is 284 g/mol. The summed E-state index contributed by atoms with van der Waals surface area (Å²) in [6.07, 6.45) is 2.06. The van der Waals surface area contributed by atoms with Crippen molar-refractivity contribution in [3.8, 4) is 0 Å². The van der Waals surface area contributed by atoms with Crippen molar-refractivity contribution in [1.29, 1.82) is 0 Å². The summed E-state index contributed by atoms with van der Waals surface area (Å²) in [5.41, 5.74) is 6.46. The Morgan fingerprint density at radius 3 is 2.55 bits per heavy atom. The van der Waals surface area contributed by atoms with Gasteiger partial charge in [-0.2, -0.15) is 0 Å². The molecule has 0 aromatic heterocycles. The Morgan fingerprint density at radius 2 is 2.05 bits per heavy atom. The highest BCUT2D eigenvalue weighted by Gasteiger charge is 2.25. The molecule has 2 atom stereocenters. The molecule has 1 heterocycles. The van der Waals surface area contributed by atoms with Gasteiger partial charge in [0.15, 0.2) is 0 Å². The molecule has 2 N–H and O–H groups in total. The standard InChI is InChI=1S/C15H22F2N2O/c1-3-11(18)6-10-7-13(16)15(14(17)8-10)19(2)12-4-5-20-9-12/h7-8,11-12H,3-6,9,18H2,1-2H3. The van der Waals surface area contributed by atoms with Gasteiger partial charge in [0.25, 0.3) is 0 Å². The van der Waals surface area contributed by atoms with Crippen LogP contribution in [0.5, 0.6) is 0 Å². The van der Waals surface area contributed by atoms with Crippen LogP contribution >= 0.6 is 0 Å². The van der Waals surface area contributed by atoms with Crippen molar-refractivity contribution in [3.05, 3.63) is 29.3 Å². The Balaban J connectivity index is 2.21. The summed E-state index contributed by atoms with van der Waals surface area (Å²) in [6.45, 7) is 3.11. The first-order valence-corrected chi connectivity index (χ1v) is 7.07. The second kappa shape index (κ2) is 6.50. The van der Waals surface area contributed by atoms with Crippen LogP contribution in [0.15, 0.2) is 12.1 Å². The first-order valence-electron chi connectivity index (χ1n) is 7.07. The molecule has 2 rings (SSSR count). The number of benzene rings is 1. The molecule has 112 valence electrons. The van der Waals surface area contributed by atoms with Gasteiger partial charge in [-0.1, -0.05) is 6.92 Å². The van der Waals surface area contributed by atoms with Crippen molar-refractivity contribution in [2.75, 3.05) is 25.2 Å². The summed E-state index contributed by atoms with van der Waals surface area (Å²) in [5.74, 6) is -1.06. The van der Waals surface area contributed by atoms with Crippen LogP contribution in [0.1, 0.15) is 25.3 Å². The lowest BCUT2D eigenvalue weighted by atomic mass is 10.0. The summed E-state index contributed by atoms with van der Waals surface area (Å²) >= 11 is 0. The summed E-state index contributed by atoms with van der Waals surface area (Å²) in [7, 11) is 1.71. The number of rotatable bonds is 5. The predicted molar refractivity (Wildman–Crippen MR) is 76.0 cm³/mol. The van der Waals surface area contributed by atoms with E-state index in [1.807, 2.05) is 6.92 Å². The van der Waals surface area contributed by atoms with E-state index in [9.17, 15) is 8.78 Å². The molecule has 1 aliphatic heterocycles. The molecule has 2 unspecified atom stereocenters. The molecule has 5 heteroatoms. The minimum absolute atomic E-state index is 0.0225. The maximum Gasteiger partial charge on any atom is 0.149 e. The summed E-state index contributed by atoms with van der Waals surface area (Å²) in [6, 6.07) is 2.74. The molecule has 3 nitrogen and oxygen atoms in total. The van der Waals surface area contributed by atoms with E-state index in [-0.39, 0.29) is 17.8 Å². The maximum absolute atomic E-state index is 14.2. The second-order valence-corrected chi connectivity index (χ2v) is 5.41. The molecule has 20 heavy (non-hydrogen) atoms. The SMILES string of the molecule is CCC(N)Cc1cc(F)c(N(C)C2CCOC2)c(F)c1. The normalized spacial score (nSPS) is 20.1. The van der Waals surface area contributed by atoms with Gasteiger partial charge in [-0.15, -0.1) is 0 Å². The van der Waals surface area contributed by atoms with E-state index in [0.29, 0.717) is 25.2 Å². The van der Waals surface area contributed by atoms with Crippen LogP contribution in [-0.4, -0.2) is 32.3 Å². The van der Waals surface area contributed by atoms with E-state index < -0.39 is 11.6 Å². The number of ether oxygens (including phenoxy) is 1. The fourth-order valence-corrected chi connectivity index (χ4v) is 2.53. The average Bonchev–Trinajstić information content (AvgIpc) is 2.91. The molecular weight excluding hydrogens is 262 g/mol. The lowest BCUT2D eigenvalue weighted by Crippen LogP contribution is -2.33. The summed E-state index contributed by atoms with van der Waals surface area (Å²) in [4.78, 5) is 1.64. The third kappa shape index (κ3) is 3.27. The largest absolute Gasteiger partial charge is 0.379 e. The highest BCUT2D eigenvalue weighted by atomic mass is 19.1. The molecule has 0 spiro atoms. The number of nitrogens with two attached hydrogens (primary N) is 1. The Bertz CT molecular complexity index is 438. The van der Waals surface area contributed by atoms with Crippen LogP contribution in [0, 0.1) is 11.6 Å². The molecular formula is C15H22F2N2O. The van der Waals surface area contributed by atoms with Crippen LogP contribution in [-0.2, 0) is 11.2 Å². The zero-order valence-electron chi connectivity index (χ0n) is 12.0. The van der Waals surface area contributed by atoms with Gasteiger partial charge in [0.2, 0.25) is 0 Å². The molecule has 1 aromatic carbocycles. The van der Waals surface area contributed by atoms with Crippen LogP contribution in [0.25, 0.3) is 0 Å². The zero-order valence-corrected chi connectivity index (χ0v) is 12.0. The van der Waals surface area contributed by atoms with E-state index in [0.717, 1.165) is 12.8 Å². The molecule has 0 bridgehead atoms. The fraction of sp³-hybridized carbons (Fsp3) is 0.600. The van der Waals surface area contributed by atoms with Crippen LogP contribution in [0.2, 0.25) is 0 Å². The van der Waals surface area contributed by atoms with Crippen molar-refractivity contribution in [1.82, 2.24) is 0 Å². The van der Waals surface area contributed by atoms with E-state index in [2.05, 4.69) is 0 Å². The minimum atomic E-state index is -0.530. The highest BCUT2D eigenvalue weighted by Crippen LogP contribution is 2.28. The number of likely N-dealkylation sites (N-methyl/N-ethyl adjacent to an activating group) is 1. The van der Waals surface area contributed by atoms with Crippen LogP contribution in [0.3, 0.4) is 0 Å². The minimum Gasteiger partial charge on any atom is -0.379 e. The maximum atomic E-state index is 14.2. The van der Waals surface area contributed by atoms with Crippen molar-refractivity contribution in [3.63, 3.8) is 0 Å². The molecule has 1 aromatic rings. The number of anilines is 1. The van der Waals surface area contributed by atoms with Crippen molar-refractivity contribution < 1.29 is 13.5 Å². The third-order valence-corrected chi connectivity index (χ3v) is 3.91. The first-order chi connectivity index (χ1) is 9.52. The highest BCUT2D eigenvalue weighted by molar-refractivity contribution is 5.51. The third-order valence-electron chi connectivity index (χ3n) is 3.91. The van der Waals surface area contributed by atoms with Gasteiger partial charge < -0.3 is 15.4 Å². The van der Waals surface area contributed by atoms with Crippen molar-refractivity contribution >= 4 is 5.69 Å². The topological polar surface area (TPSA) is 38.5 Å². The van der Waals surface area contributed by atoms with Gasteiger partial charge >= 0.3 is 0 Å². The second-order valence-electron chi connectivity index (χ2n) is 5.41. The molecule has 1 aliphatic rings. The summed E-state index contributed by atoms with van der Waals surface area (Å²) < 4.78 is 33.7. The van der Waals surface area contributed by atoms with Crippen molar-refractivity contribution in [2.45, 2.75) is 38.3 Å². The van der Waals surface area contributed by atoms with E-state index in [1.165, 1.54) is 12.1 Å². The zero-order chi connectivity index (χ0) is 14.7. The molecule has 0 radical (unpaired) electrons. The molecule has 0 amide bonds. The number of nitrogens with zero attached hydrogens (tertiary/aromatic N) is 1. The van der Waals surface area contributed by atoms with Gasteiger partial charge in [0.05, 0.1) is 12.6 Å². The Labute approximate surface area is 118 Å². The lowest BCUT2D eigenvalue weighted by molar-refractivity contribution is 0.193. The van der Waals surface area contributed by atoms with Gasteiger partial charge in [0, 0.05) is 19.7 Å². The molecule has 1 fully saturated rings. The van der Waals surface area contributed by atoms with Gasteiger partial charge in [-0.25, -0.2) is 8.78 Å². The smallest absolute Gasteiger partial charge is 0.149 e. The van der Waals surface area contributed by atoms with Crippen LogP contribution in [0.4, 0.5) is 14.5 Å². The van der Waals surface area contributed by atoms with Gasteiger partial charge in [-0.05, 0) is 37.0 Å². The molecule has 0 aliphatic carbocycles. The van der Waals surface area contributed by atoms with Gasteiger partial charge in [-0.3, -0.25) is 0 Å². The summed E-state index contributed by atoms with van der Waals surface area (Å²) in [5, 5.41) is 0.